The van der Waals surface area contributed by atoms with E-state index in [0.717, 1.165) is 11.5 Å². The molecule has 4 aromatic carbocycles. The third-order valence-corrected chi connectivity index (χ3v) is 7.89. The Hall–Kier alpha value is -3.60. The highest BCUT2D eigenvalue weighted by Gasteiger charge is 2.54. The van der Waals surface area contributed by atoms with Crippen LogP contribution in [0.3, 0.4) is 0 Å². The summed E-state index contributed by atoms with van der Waals surface area (Å²) in [7, 11) is -4.93. The summed E-state index contributed by atoms with van der Waals surface area (Å²) in [6.07, 6.45) is -3.24. The first-order chi connectivity index (χ1) is 20.1. The third-order valence-electron chi connectivity index (χ3n) is 5.45. The SMILES string of the molecule is COS(=O)(=O)C(F)(F)C(F)COC(=O)c1ccccc1.Cc1ccccc1.c1ccc(CSCc2ccccc2)cc1. The Morgan fingerprint density at radius 2 is 1.17 bits per heavy atom. The summed E-state index contributed by atoms with van der Waals surface area (Å²) >= 11 is 1.96. The van der Waals surface area contributed by atoms with Crippen molar-refractivity contribution < 1.29 is 35.3 Å². The van der Waals surface area contributed by atoms with Crippen LogP contribution in [-0.4, -0.2) is 39.5 Å². The molecule has 0 heterocycles. The first kappa shape index (κ1) is 34.6. The van der Waals surface area contributed by atoms with Gasteiger partial charge in [0.05, 0.1) is 12.7 Å². The lowest BCUT2D eigenvalue weighted by atomic mass is 10.2. The molecule has 5 nitrogen and oxygen atoms in total. The average Bonchev–Trinajstić information content (AvgIpc) is 3.02. The fourth-order valence-electron chi connectivity index (χ4n) is 3.14. The number of carbonyl (C=O) groups excluding carboxylic acids is 1. The maximum Gasteiger partial charge on any atom is 0.403 e. The molecule has 0 spiro atoms. The largest absolute Gasteiger partial charge is 0.459 e. The predicted molar refractivity (Wildman–Crippen MR) is 162 cm³/mol. The number of aryl methyl sites for hydroxylation is 1. The smallest absolute Gasteiger partial charge is 0.403 e. The van der Waals surface area contributed by atoms with Gasteiger partial charge < -0.3 is 4.74 Å². The van der Waals surface area contributed by atoms with Crippen LogP contribution in [0, 0.1) is 6.92 Å². The molecule has 0 amide bonds. The Bertz CT molecular complexity index is 1370. The second kappa shape index (κ2) is 18.0. The van der Waals surface area contributed by atoms with Crippen LogP contribution in [0.15, 0.2) is 121 Å². The van der Waals surface area contributed by atoms with Gasteiger partial charge in [-0.1, -0.05) is 115 Å². The summed E-state index contributed by atoms with van der Waals surface area (Å²) < 4.78 is 69.1. The van der Waals surface area contributed by atoms with E-state index in [-0.39, 0.29) is 5.56 Å². The van der Waals surface area contributed by atoms with Crippen LogP contribution in [0.2, 0.25) is 0 Å². The van der Waals surface area contributed by atoms with Crippen LogP contribution in [0.5, 0.6) is 0 Å². The molecule has 0 radical (unpaired) electrons. The van der Waals surface area contributed by atoms with E-state index in [0.29, 0.717) is 7.11 Å². The molecular weight excluding hydrogens is 585 g/mol. The molecule has 0 aromatic heterocycles. The lowest BCUT2D eigenvalue weighted by Gasteiger charge is -2.19. The van der Waals surface area contributed by atoms with Crippen molar-refractivity contribution in [2.24, 2.45) is 0 Å². The molecule has 0 bridgehead atoms. The highest BCUT2D eigenvalue weighted by Crippen LogP contribution is 2.29. The normalized spacial score (nSPS) is 11.6. The van der Waals surface area contributed by atoms with Gasteiger partial charge in [0.1, 0.15) is 6.61 Å². The Morgan fingerprint density at radius 3 is 1.55 bits per heavy atom. The van der Waals surface area contributed by atoms with Crippen LogP contribution in [-0.2, 0) is 30.5 Å². The molecule has 224 valence electrons. The molecule has 0 saturated heterocycles. The van der Waals surface area contributed by atoms with Crippen LogP contribution in [0.1, 0.15) is 27.0 Å². The van der Waals surface area contributed by atoms with Crippen LogP contribution in [0.4, 0.5) is 13.2 Å². The maximum absolute atomic E-state index is 13.3. The number of halogens is 3. The summed E-state index contributed by atoms with van der Waals surface area (Å²) in [5.41, 5.74) is 4.15. The molecule has 4 aromatic rings. The van der Waals surface area contributed by atoms with Crippen molar-refractivity contribution in [3.63, 3.8) is 0 Å². The Balaban J connectivity index is 0.000000244. The number of ether oxygens (including phenoxy) is 1. The van der Waals surface area contributed by atoms with Crippen LogP contribution >= 0.6 is 11.8 Å². The average molecular weight is 619 g/mol. The van der Waals surface area contributed by atoms with Gasteiger partial charge in [0.2, 0.25) is 6.17 Å². The third kappa shape index (κ3) is 12.1. The number of thioether (sulfide) groups is 1. The van der Waals surface area contributed by atoms with Gasteiger partial charge in [0.25, 0.3) is 0 Å². The molecule has 10 heteroatoms. The fourth-order valence-corrected chi connectivity index (χ4v) is 4.70. The second-order valence-corrected chi connectivity index (χ2v) is 11.5. The number of hydrogen-bond acceptors (Lipinski definition) is 6. The number of benzene rings is 4. The summed E-state index contributed by atoms with van der Waals surface area (Å²) in [4.78, 5) is 11.4. The van der Waals surface area contributed by atoms with Crippen molar-refractivity contribution in [3.8, 4) is 0 Å². The lowest BCUT2D eigenvalue weighted by molar-refractivity contribution is -0.0368. The highest BCUT2D eigenvalue weighted by atomic mass is 32.2. The van der Waals surface area contributed by atoms with Gasteiger partial charge in [0, 0.05) is 11.5 Å². The van der Waals surface area contributed by atoms with Crippen molar-refractivity contribution in [1.29, 1.82) is 0 Å². The second-order valence-electron chi connectivity index (χ2n) is 8.73. The predicted octanol–water partition coefficient (Wildman–Crippen LogP) is 7.87. The van der Waals surface area contributed by atoms with E-state index >= 15 is 0 Å². The van der Waals surface area contributed by atoms with E-state index in [1.807, 2.05) is 30.0 Å². The molecule has 0 saturated carbocycles. The number of carbonyl (C=O) groups is 1. The van der Waals surface area contributed by atoms with Gasteiger partial charge >= 0.3 is 21.3 Å². The van der Waals surface area contributed by atoms with Crippen LogP contribution < -0.4 is 0 Å². The highest BCUT2D eigenvalue weighted by molar-refractivity contribution is 7.97. The Kier molecular flexibility index (Phi) is 14.9. The molecule has 42 heavy (non-hydrogen) atoms. The minimum absolute atomic E-state index is 0.0256. The molecule has 0 aliphatic heterocycles. The van der Waals surface area contributed by atoms with Gasteiger partial charge in [-0.25, -0.2) is 9.18 Å². The van der Waals surface area contributed by atoms with Gasteiger partial charge in [0.15, 0.2) is 0 Å². The molecule has 1 unspecified atom stereocenters. The summed E-state index contributed by atoms with van der Waals surface area (Å²) in [5, 5.41) is -4.81. The van der Waals surface area contributed by atoms with Crippen molar-refractivity contribution in [2.45, 2.75) is 29.9 Å². The van der Waals surface area contributed by atoms with Crippen molar-refractivity contribution in [2.75, 3.05) is 13.7 Å². The summed E-state index contributed by atoms with van der Waals surface area (Å²) in [6.45, 7) is 0.670. The number of hydrogen-bond donors (Lipinski definition) is 0. The summed E-state index contributed by atoms with van der Waals surface area (Å²) in [6, 6.07) is 38.7. The standard InChI is InChI=1S/C14H14S.C11H11F3O5S.C7H8/c1-3-7-13(8-4-1)11-15-12-14-9-5-2-6-10-14;1-18-20(16,17)11(13,14)9(12)7-19-10(15)8-5-3-2-4-6-8;1-7-5-3-2-4-6-7/h1-10H,11-12H2;2-6,9H,7H2,1H3;2-6H,1H3. The Labute approximate surface area is 249 Å². The lowest BCUT2D eigenvalue weighted by Crippen LogP contribution is -2.42. The van der Waals surface area contributed by atoms with E-state index < -0.39 is 34.1 Å². The van der Waals surface area contributed by atoms with E-state index in [1.165, 1.54) is 41.0 Å². The molecule has 1 atom stereocenters. The molecule has 0 aliphatic rings. The van der Waals surface area contributed by atoms with Crippen molar-refractivity contribution in [1.82, 2.24) is 0 Å². The quantitative estimate of drug-likeness (QED) is 0.133. The van der Waals surface area contributed by atoms with Gasteiger partial charge in [-0.2, -0.15) is 29.0 Å². The van der Waals surface area contributed by atoms with Crippen LogP contribution in [0.25, 0.3) is 0 Å². The van der Waals surface area contributed by atoms with E-state index in [4.69, 9.17) is 0 Å². The first-order valence-corrected chi connectivity index (χ1v) is 15.3. The molecule has 0 aliphatic carbocycles. The minimum atomic E-state index is -5.41. The maximum atomic E-state index is 13.3. The van der Waals surface area contributed by atoms with Gasteiger partial charge in [-0.05, 0) is 30.2 Å². The van der Waals surface area contributed by atoms with E-state index in [1.54, 1.807) is 6.07 Å². The van der Waals surface area contributed by atoms with Crippen molar-refractivity contribution >= 4 is 27.8 Å². The number of esters is 1. The van der Waals surface area contributed by atoms with Gasteiger partial charge in [-0.3, -0.25) is 4.18 Å². The Morgan fingerprint density at radius 1 is 0.762 bits per heavy atom. The number of rotatable bonds is 10. The van der Waals surface area contributed by atoms with E-state index in [9.17, 15) is 26.4 Å². The molecule has 4 rings (SSSR count). The topological polar surface area (TPSA) is 69.7 Å². The first-order valence-electron chi connectivity index (χ1n) is 12.8. The molecular formula is C32H33F3O5S2. The summed E-state index contributed by atoms with van der Waals surface area (Å²) in [5.74, 6) is 1.14. The monoisotopic (exact) mass is 618 g/mol. The molecule has 0 N–H and O–H groups in total. The zero-order chi connectivity index (χ0) is 30.8. The van der Waals surface area contributed by atoms with Gasteiger partial charge in [-0.15, -0.1) is 0 Å². The number of alkyl halides is 3. The zero-order valence-corrected chi connectivity index (χ0v) is 24.9. The van der Waals surface area contributed by atoms with E-state index in [2.05, 4.69) is 88.6 Å². The molecule has 0 fully saturated rings. The minimum Gasteiger partial charge on any atom is -0.459 e. The van der Waals surface area contributed by atoms with Crippen molar-refractivity contribution in [3.05, 3.63) is 144 Å². The zero-order valence-electron chi connectivity index (χ0n) is 23.2. The fraction of sp³-hybridized carbons (Fsp3) is 0.219.